The molecule has 2 rings (SSSR count). The first-order valence-electron chi connectivity index (χ1n) is 6.39. The molecular formula is C12H21N3O3. The summed E-state index contributed by atoms with van der Waals surface area (Å²) in [5.41, 5.74) is 4.63. The van der Waals surface area contributed by atoms with Crippen molar-refractivity contribution in [2.24, 2.45) is 11.7 Å². The molecule has 2 saturated heterocycles. The predicted octanol–water partition coefficient (Wildman–Crippen LogP) is -1.22. The molecule has 18 heavy (non-hydrogen) atoms. The van der Waals surface area contributed by atoms with Gasteiger partial charge < -0.3 is 15.7 Å². The van der Waals surface area contributed by atoms with Gasteiger partial charge in [0.2, 0.25) is 11.8 Å². The Kier molecular flexibility index (Phi) is 3.59. The molecule has 1 atom stereocenters. The van der Waals surface area contributed by atoms with Gasteiger partial charge in [-0.3, -0.25) is 14.5 Å². The Morgan fingerprint density at radius 1 is 1.44 bits per heavy atom. The van der Waals surface area contributed by atoms with Gasteiger partial charge in [-0.25, -0.2) is 0 Å². The van der Waals surface area contributed by atoms with Crippen LogP contribution in [0.2, 0.25) is 0 Å². The Morgan fingerprint density at radius 3 is 2.67 bits per heavy atom. The molecule has 6 nitrogen and oxygen atoms in total. The van der Waals surface area contributed by atoms with Crippen molar-refractivity contribution >= 4 is 11.8 Å². The molecule has 2 aliphatic heterocycles. The minimum absolute atomic E-state index is 0.0245. The molecule has 0 aromatic heterocycles. The molecule has 2 heterocycles. The maximum absolute atomic E-state index is 12.0. The van der Waals surface area contributed by atoms with Crippen LogP contribution in [0.25, 0.3) is 0 Å². The van der Waals surface area contributed by atoms with E-state index in [-0.39, 0.29) is 17.7 Å². The van der Waals surface area contributed by atoms with Gasteiger partial charge in [0, 0.05) is 26.2 Å². The Hall–Kier alpha value is -1.14. The fourth-order valence-electron chi connectivity index (χ4n) is 2.76. The van der Waals surface area contributed by atoms with Crippen LogP contribution in [0.4, 0.5) is 0 Å². The number of hydrogen-bond donors (Lipinski definition) is 2. The van der Waals surface area contributed by atoms with Crippen molar-refractivity contribution in [1.29, 1.82) is 0 Å². The number of piperidine rings is 1. The summed E-state index contributed by atoms with van der Waals surface area (Å²) in [5.74, 6) is -0.502. The second kappa shape index (κ2) is 4.85. The van der Waals surface area contributed by atoms with Crippen molar-refractivity contribution < 1.29 is 14.7 Å². The molecule has 0 aliphatic carbocycles. The summed E-state index contributed by atoms with van der Waals surface area (Å²) in [6, 6.07) is 0. The van der Waals surface area contributed by atoms with E-state index in [1.807, 2.05) is 4.90 Å². The highest BCUT2D eigenvalue weighted by atomic mass is 16.3. The van der Waals surface area contributed by atoms with E-state index >= 15 is 0 Å². The van der Waals surface area contributed by atoms with Crippen LogP contribution in [0.15, 0.2) is 0 Å². The first-order chi connectivity index (χ1) is 8.37. The summed E-state index contributed by atoms with van der Waals surface area (Å²) < 4.78 is 0. The van der Waals surface area contributed by atoms with Crippen molar-refractivity contribution in [1.82, 2.24) is 9.80 Å². The van der Waals surface area contributed by atoms with Crippen LogP contribution in [0.3, 0.4) is 0 Å². The molecule has 0 radical (unpaired) electrons. The Bertz CT molecular complexity index is 348. The zero-order chi connectivity index (χ0) is 13.3. The minimum Gasteiger partial charge on any atom is -0.388 e. The molecule has 0 saturated carbocycles. The number of rotatable bonds is 3. The van der Waals surface area contributed by atoms with Crippen molar-refractivity contribution in [2.45, 2.75) is 25.4 Å². The van der Waals surface area contributed by atoms with Gasteiger partial charge in [-0.2, -0.15) is 0 Å². The van der Waals surface area contributed by atoms with Crippen LogP contribution in [0, 0.1) is 5.92 Å². The summed E-state index contributed by atoms with van der Waals surface area (Å²) in [6.45, 7) is 4.29. The van der Waals surface area contributed by atoms with Crippen LogP contribution >= 0.6 is 0 Å². The maximum atomic E-state index is 12.0. The number of aliphatic hydroxyl groups is 1. The third-order valence-corrected chi connectivity index (χ3v) is 3.66. The SMILES string of the molecule is CC1(O)CN(CC(=O)N2CCCC(C(N)=O)C2)C1. The van der Waals surface area contributed by atoms with Crippen LogP contribution in [0.1, 0.15) is 19.8 Å². The van der Waals surface area contributed by atoms with Crippen molar-refractivity contribution in [3.8, 4) is 0 Å². The molecule has 2 fully saturated rings. The number of nitrogens with two attached hydrogens (primary N) is 1. The molecule has 3 N–H and O–H groups in total. The first-order valence-corrected chi connectivity index (χ1v) is 6.39. The van der Waals surface area contributed by atoms with Crippen molar-refractivity contribution in [3.63, 3.8) is 0 Å². The summed E-state index contributed by atoms with van der Waals surface area (Å²) >= 11 is 0. The Morgan fingerprint density at radius 2 is 2.11 bits per heavy atom. The quantitative estimate of drug-likeness (QED) is 0.661. The van der Waals surface area contributed by atoms with Crippen LogP contribution in [0.5, 0.6) is 0 Å². The van der Waals surface area contributed by atoms with E-state index in [2.05, 4.69) is 0 Å². The van der Waals surface area contributed by atoms with Gasteiger partial charge in [0.15, 0.2) is 0 Å². The van der Waals surface area contributed by atoms with Crippen LogP contribution < -0.4 is 5.73 Å². The fraction of sp³-hybridized carbons (Fsp3) is 0.833. The lowest BCUT2D eigenvalue weighted by Crippen LogP contribution is -2.62. The number of nitrogens with zero attached hydrogens (tertiary/aromatic N) is 2. The number of β-amino-alcohol motifs (C(OH)–C–C–N with tert-alkyl or cyclic N) is 1. The summed E-state index contributed by atoms with van der Waals surface area (Å²) in [6.07, 6.45) is 1.61. The third kappa shape index (κ3) is 3.00. The second-order valence-corrected chi connectivity index (χ2v) is 5.72. The second-order valence-electron chi connectivity index (χ2n) is 5.72. The molecule has 2 amide bonds. The molecule has 2 aliphatic rings. The van der Waals surface area contributed by atoms with E-state index in [1.54, 1.807) is 11.8 Å². The highest BCUT2D eigenvalue weighted by molar-refractivity contribution is 5.81. The van der Waals surface area contributed by atoms with Crippen molar-refractivity contribution in [2.75, 3.05) is 32.7 Å². The summed E-state index contributed by atoms with van der Waals surface area (Å²) in [4.78, 5) is 26.8. The highest BCUT2D eigenvalue weighted by Crippen LogP contribution is 2.21. The van der Waals surface area contributed by atoms with Gasteiger partial charge in [-0.15, -0.1) is 0 Å². The summed E-state index contributed by atoms with van der Waals surface area (Å²) in [5, 5.41) is 9.59. The van der Waals surface area contributed by atoms with E-state index in [1.165, 1.54) is 0 Å². The number of carbonyl (C=O) groups excluding carboxylic acids is 2. The fourth-order valence-corrected chi connectivity index (χ4v) is 2.76. The molecule has 6 heteroatoms. The number of hydrogen-bond acceptors (Lipinski definition) is 4. The molecule has 0 bridgehead atoms. The topological polar surface area (TPSA) is 86.9 Å². The lowest BCUT2D eigenvalue weighted by Gasteiger charge is -2.44. The van der Waals surface area contributed by atoms with Crippen LogP contribution in [-0.2, 0) is 9.59 Å². The maximum Gasteiger partial charge on any atom is 0.236 e. The Labute approximate surface area is 107 Å². The lowest BCUT2D eigenvalue weighted by molar-refractivity contribution is -0.142. The van der Waals surface area contributed by atoms with E-state index in [4.69, 9.17) is 5.73 Å². The average Bonchev–Trinajstić information content (AvgIpc) is 2.26. The van der Waals surface area contributed by atoms with E-state index in [0.29, 0.717) is 32.7 Å². The van der Waals surface area contributed by atoms with Gasteiger partial charge in [-0.05, 0) is 19.8 Å². The average molecular weight is 255 g/mol. The molecule has 1 unspecified atom stereocenters. The van der Waals surface area contributed by atoms with Gasteiger partial charge in [-0.1, -0.05) is 0 Å². The number of amides is 2. The molecule has 0 aromatic rings. The zero-order valence-corrected chi connectivity index (χ0v) is 10.8. The predicted molar refractivity (Wildman–Crippen MR) is 65.6 cm³/mol. The zero-order valence-electron chi connectivity index (χ0n) is 10.8. The molecular weight excluding hydrogens is 234 g/mol. The minimum atomic E-state index is -0.655. The number of likely N-dealkylation sites (tertiary alicyclic amines) is 2. The number of carbonyl (C=O) groups is 2. The molecule has 102 valence electrons. The summed E-state index contributed by atoms with van der Waals surface area (Å²) in [7, 11) is 0. The normalized spacial score (nSPS) is 27.7. The largest absolute Gasteiger partial charge is 0.388 e. The standard InChI is InChI=1S/C12H21N3O3/c1-12(18)7-14(8-12)6-10(16)15-4-2-3-9(5-15)11(13)17/h9,18H,2-8H2,1H3,(H2,13,17). The monoisotopic (exact) mass is 255 g/mol. The third-order valence-electron chi connectivity index (χ3n) is 3.66. The van der Waals surface area contributed by atoms with Crippen molar-refractivity contribution in [3.05, 3.63) is 0 Å². The molecule has 0 spiro atoms. The first kappa shape index (κ1) is 13.3. The molecule has 0 aromatic carbocycles. The van der Waals surface area contributed by atoms with Crippen LogP contribution in [-0.4, -0.2) is 65.0 Å². The van der Waals surface area contributed by atoms with Gasteiger partial charge in [0.1, 0.15) is 0 Å². The van der Waals surface area contributed by atoms with Gasteiger partial charge >= 0.3 is 0 Å². The van der Waals surface area contributed by atoms with E-state index in [9.17, 15) is 14.7 Å². The smallest absolute Gasteiger partial charge is 0.236 e. The van der Waals surface area contributed by atoms with E-state index < -0.39 is 5.60 Å². The van der Waals surface area contributed by atoms with E-state index in [0.717, 1.165) is 12.8 Å². The highest BCUT2D eigenvalue weighted by Gasteiger charge is 2.38. The lowest BCUT2D eigenvalue weighted by atomic mass is 9.96. The van der Waals surface area contributed by atoms with Gasteiger partial charge in [0.25, 0.3) is 0 Å². The number of primary amides is 1. The Balaban J connectivity index is 1.80. The van der Waals surface area contributed by atoms with Gasteiger partial charge in [0.05, 0.1) is 18.1 Å².